The van der Waals surface area contributed by atoms with Crippen molar-refractivity contribution in [3.8, 4) is 0 Å². The van der Waals surface area contributed by atoms with E-state index in [1.54, 1.807) is 19.1 Å². The van der Waals surface area contributed by atoms with Crippen LogP contribution in [0.1, 0.15) is 31.9 Å². The van der Waals surface area contributed by atoms with Crippen molar-refractivity contribution in [2.24, 2.45) is 0 Å². The van der Waals surface area contributed by atoms with Crippen LogP contribution >= 0.6 is 11.6 Å². The quantitative estimate of drug-likeness (QED) is 0.836. The fourth-order valence-corrected chi connectivity index (χ4v) is 1.53. The Kier molecular flexibility index (Phi) is 5.19. The Morgan fingerprint density at radius 2 is 2.12 bits per heavy atom. The van der Waals surface area contributed by atoms with Crippen LogP contribution in [0.15, 0.2) is 18.2 Å². The van der Waals surface area contributed by atoms with E-state index in [9.17, 15) is 4.39 Å². The van der Waals surface area contributed by atoms with Crippen LogP contribution in [-0.2, 0) is 0 Å². The summed E-state index contributed by atoms with van der Waals surface area (Å²) in [6.07, 6.45) is 0.363. The lowest BCUT2D eigenvalue weighted by Crippen LogP contribution is -2.22. The molecule has 0 saturated heterocycles. The zero-order valence-corrected chi connectivity index (χ0v) is 10.3. The number of rotatable bonds is 5. The molecular weight excluding hydrogens is 229 g/mol. The van der Waals surface area contributed by atoms with Crippen molar-refractivity contribution in [3.05, 3.63) is 34.6 Å². The number of aliphatic hydroxyl groups is 1. The first-order chi connectivity index (χ1) is 7.50. The molecule has 0 aliphatic rings. The highest BCUT2D eigenvalue weighted by molar-refractivity contribution is 6.30. The summed E-state index contributed by atoms with van der Waals surface area (Å²) >= 11 is 5.60. The average molecular weight is 246 g/mol. The van der Waals surface area contributed by atoms with Crippen molar-refractivity contribution in [1.29, 1.82) is 0 Å². The molecule has 1 rings (SSSR count). The first-order valence-corrected chi connectivity index (χ1v) is 5.75. The van der Waals surface area contributed by atoms with Gasteiger partial charge in [-0.2, -0.15) is 0 Å². The van der Waals surface area contributed by atoms with Crippen molar-refractivity contribution < 1.29 is 9.50 Å². The topological polar surface area (TPSA) is 32.3 Å². The first kappa shape index (κ1) is 13.4. The Labute approximate surface area is 100 Å². The summed E-state index contributed by atoms with van der Waals surface area (Å²) in [5.74, 6) is -0.400. The molecule has 1 aromatic carbocycles. The van der Waals surface area contributed by atoms with E-state index in [0.29, 0.717) is 13.0 Å². The van der Waals surface area contributed by atoms with Gasteiger partial charge in [0.25, 0.3) is 0 Å². The summed E-state index contributed by atoms with van der Waals surface area (Å²) in [6, 6.07) is 4.83. The molecule has 0 fully saturated rings. The number of nitrogens with one attached hydrogen (secondary N) is 1. The number of halogens is 2. The van der Waals surface area contributed by atoms with Crippen LogP contribution in [0, 0.1) is 5.82 Å². The van der Waals surface area contributed by atoms with E-state index in [4.69, 9.17) is 16.7 Å². The minimum atomic E-state index is -0.400. The Hall–Kier alpha value is -0.640. The zero-order valence-electron chi connectivity index (χ0n) is 9.50. The van der Waals surface area contributed by atoms with Gasteiger partial charge in [-0.3, -0.25) is 0 Å². The van der Waals surface area contributed by atoms with Crippen molar-refractivity contribution in [1.82, 2.24) is 5.32 Å². The van der Waals surface area contributed by atoms with Gasteiger partial charge in [0.1, 0.15) is 5.82 Å². The highest BCUT2D eigenvalue weighted by Gasteiger charge is 2.08. The van der Waals surface area contributed by atoms with Crippen LogP contribution in [-0.4, -0.2) is 17.8 Å². The summed E-state index contributed by atoms with van der Waals surface area (Å²) in [7, 11) is 0. The molecule has 16 heavy (non-hydrogen) atoms. The molecule has 1 aromatic rings. The fourth-order valence-electron chi connectivity index (χ4n) is 1.41. The van der Waals surface area contributed by atoms with Crippen molar-refractivity contribution in [2.45, 2.75) is 32.4 Å². The molecule has 2 N–H and O–H groups in total. The van der Waals surface area contributed by atoms with Gasteiger partial charge in [-0.05, 0) is 44.5 Å². The van der Waals surface area contributed by atoms with Crippen molar-refractivity contribution >= 4 is 11.6 Å². The molecule has 0 heterocycles. The molecular formula is C12H17ClFNO. The van der Waals surface area contributed by atoms with Gasteiger partial charge in [-0.15, -0.1) is 0 Å². The van der Waals surface area contributed by atoms with E-state index in [2.05, 4.69) is 5.32 Å². The number of benzene rings is 1. The Morgan fingerprint density at radius 1 is 1.44 bits per heavy atom. The SMILES string of the molecule is CC(O)CCNC(C)c1ccc(Cl)c(F)c1. The second-order valence-corrected chi connectivity index (χ2v) is 4.39. The van der Waals surface area contributed by atoms with Crippen LogP contribution in [0.25, 0.3) is 0 Å². The Morgan fingerprint density at radius 3 is 2.69 bits per heavy atom. The monoisotopic (exact) mass is 245 g/mol. The summed E-state index contributed by atoms with van der Waals surface area (Å²) in [4.78, 5) is 0. The predicted molar refractivity (Wildman–Crippen MR) is 64.1 cm³/mol. The third-order valence-electron chi connectivity index (χ3n) is 2.46. The third kappa shape index (κ3) is 4.08. The van der Waals surface area contributed by atoms with E-state index in [0.717, 1.165) is 5.56 Å². The Balaban J connectivity index is 2.52. The molecule has 0 radical (unpaired) electrons. The lowest BCUT2D eigenvalue weighted by Gasteiger charge is -2.15. The van der Waals surface area contributed by atoms with Crippen LogP contribution in [0.2, 0.25) is 5.02 Å². The van der Waals surface area contributed by atoms with Crippen molar-refractivity contribution in [3.63, 3.8) is 0 Å². The predicted octanol–water partition coefficient (Wildman–Crippen LogP) is 2.90. The third-order valence-corrected chi connectivity index (χ3v) is 2.76. The number of hydrogen-bond donors (Lipinski definition) is 2. The van der Waals surface area contributed by atoms with Gasteiger partial charge in [0.05, 0.1) is 11.1 Å². The van der Waals surface area contributed by atoms with Crippen LogP contribution < -0.4 is 5.32 Å². The minimum Gasteiger partial charge on any atom is -0.393 e. The lowest BCUT2D eigenvalue weighted by atomic mass is 10.1. The molecule has 0 aliphatic heterocycles. The highest BCUT2D eigenvalue weighted by atomic mass is 35.5. The number of aliphatic hydroxyl groups excluding tert-OH is 1. The molecule has 90 valence electrons. The van der Waals surface area contributed by atoms with Gasteiger partial charge in [0.2, 0.25) is 0 Å². The maximum Gasteiger partial charge on any atom is 0.142 e. The maximum absolute atomic E-state index is 13.2. The second-order valence-electron chi connectivity index (χ2n) is 3.99. The molecule has 2 atom stereocenters. The second kappa shape index (κ2) is 6.18. The van der Waals surface area contributed by atoms with Gasteiger partial charge in [0, 0.05) is 6.04 Å². The fraction of sp³-hybridized carbons (Fsp3) is 0.500. The molecule has 2 unspecified atom stereocenters. The smallest absolute Gasteiger partial charge is 0.142 e. The molecule has 0 saturated carbocycles. The van der Waals surface area contributed by atoms with Gasteiger partial charge in [-0.25, -0.2) is 4.39 Å². The number of hydrogen-bond acceptors (Lipinski definition) is 2. The summed E-state index contributed by atoms with van der Waals surface area (Å²) in [5.41, 5.74) is 0.854. The van der Waals surface area contributed by atoms with E-state index in [1.807, 2.05) is 6.92 Å². The van der Waals surface area contributed by atoms with E-state index in [-0.39, 0.29) is 17.2 Å². The van der Waals surface area contributed by atoms with Crippen molar-refractivity contribution in [2.75, 3.05) is 6.54 Å². The molecule has 4 heteroatoms. The summed E-state index contributed by atoms with van der Waals surface area (Å²) in [5, 5.41) is 12.4. The Bertz CT molecular complexity index is 344. The minimum absolute atomic E-state index is 0.0468. The van der Waals surface area contributed by atoms with Crippen LogP contribution in [0.3, 0.4) is 0 Å². The maximum atomic E-state index is 13.2. The van der Waals surface area contributed by atoms with E-state index >= 15 is 0 Å². The first-order valence-electron chi connectivity index (χ1n) is 5.37. The highest BCUT2D eigenvalue weighted by Crippen LogP contribution is 2.19. The molecule has 0 bridgehead atoms. The summed E-state index contributed by atoms with van der Waals surface area (Å²) in [6.45, 7) is 4.39. The molecule has 2 nitrogen and oxygen atoms in total. The standard InChI is InChI=1S/C12H17ClFNO/c1-8(16)5-6-15-9(2)10-3-4-11(13)12(14)7-10/h3-4,7-9,15-16H,5-6H2,1-2H3. The van der Waals surface area contributed by atoms with Gasteiger partial charge >= 0.3 is 0 Å². The van der Waals surface area contributed by atoms with Gasteiger partial charge in [0.15, 0.2) is 0 Å². The van der Waals surface area contributed by atoms with Crippen LogP contribution in [0.4, 0.5) is 4.39 Å². The lowest BCUT2D eigenvalue weighted by molar-refractivity contribution is 0.182. The largest absolute Gasteiger partial charge is 0.393 e. The molecule has 0 spiro atoms. The molecule has 0 aromatic heterocycles. The van der Waals surface area contributed by atoms with E-state index < -0.39 is 5.82 Å². The van der Waals surface area contributed by atoms with E-state index in [1.165, 1.54) is 6.07 Å². The average Bonchev–Trinajstić information content (AvgIpc) is 2.21. The van der Waals surface area contributed by atoms with Gasteiger partial charge in [-0.1, -0.05) is 17.7 Å². The molecule has 0 amide bonds. The van der Waals surface area contributed by atoms with Gasteiger partial charge < -0.3 is 10.4 Å². The zero-order chi connectivity index (χ0) is 12.1. The summed E-state index contributed by atoms with van der Waals surface area (Å²) < 4.78 is 13.2. The van der Waals surface area contributed by atoms with Crippen LogP contribution in [0.5, 0.6) is 0 Å². The normalized spacial score (nSPS) is 14.8. The molecule has 0 aliphatic carbocycles.